The molecule has 4 atom stereocenters. The molecular weight excluding hydrogens is 484 g/mol. The Morgan fingerprint density at radius 2 is 1.24 bits per heavy atom. The smallest absolute Gasteiger partial charge is 0.333 e. The van der Waals surface area contributed by atoms with Gasteiger partial charge in [-0.25, -0.2) is 4.79 Å². The Hall–Kier alpha value is -3.82. The van der Waals surface area contributed by atoms with Crippen LogP contribution in [0.4, 0.5) is 0 Å². The van der Waals surface area contributed by atoms with Crippen molar-refractivity contribution < 1.29 is 19.3 Å². The predicted octanol–water partition coefficient (Wildman–Crippen LogP) is 3.12. The molecule has 8 heteroatoms. The van der Waals surface area contributed by atoms with Gasteiger partial charge in [0.1, 0.15) is 18.3 Å². The van der Waals surface area contributed by atoms with Gasteiger partial charge >= 0.3 is 5.69 Å². The van der Waals surface area contributed by atoms with Gasteiger partial charge in [-0.15, -0.1) is 0 Å². The van der Waals surface area contributed by atoms with Crippen molar-refractivity contribution in [1.82, 2.24) is 9.13 Å². The topological polar surface area (TPSA) is 91.9 Å². The minimum absolute atomic E-state index is 0.124. The highest BCUT2D eigenvalue weighted by molar-refractivity contribution is 5.16. The summed E-state index contributed by atoms with van der Waals surface area (Å²) in [7, 11) is 0. The lowest BCUT2D eigenvalue weighted by Crippen LogP contribution is -2.44. The molecule has 1 aliphatic rings. The first-order chi connectivity index (χ1) is 18.6. The second-order valence-corrected chi connectivity index (χ2v) is 9.19. The molecule has 1 saturated heterocycles. The summed E-state index contributed by atoms with van der Waals surface area (Å²) in [4.78, 5) is 26.2. The molecule has 1 N–H and O–H groups in total. The number of nitrogens with zero attached hydrogens (tertiary/aromatic N) is 2. The molecule has 1 aromatic heterocycles. The van der Waals surface area contributed by atoms with E-state index in [1.165, 1.54) is 21.4 Å². The monoisotopic (exact) mass is 514 g/mol. The minimum atomic E-state index is -0.910. The second-order valence-electron chi connectivity index (χ2n) is 9.19. The molecule has 2 heterocycles. The van der Waals surface area contributed by atoms with E-state index >= 15 is 0 Å². The zero-order valence-corrected chi connectivity index (χ0v) is 20.8. The molecule has 196 valence electrons. The third-order valence-corrected chi connectivity index (χ3v) is 6.59. The minimum Gasteiger partial charge on any atom is -0.394 e. The molecule has 38 heavy (non-hydrogen) atoms. The van der Waals surface area contributed by atoms with Gasteiger partial charge in [-0.2, -0.15) is 0 Å². The fraction of sp³-hybridized carbons (Fsp3) is 0.267. The number of benzene rings is 3. The number of hydrogen-bond acceptors (Lipinski definition) is 6. The fourth-order valence-electron chi connectivity index (χ4n) is 4.63. The Morgan fingerprint density at radius 1 is 0.711 bits per heavy atom. The lowest BCUT2D eigenvalue weighted by molar-refractivity contribution is -0.0916. The molecule has 3 aromatic carbocycles. The quantitative estimate of drug-likeness (QED) is 0.350. The molecule has 1 aliphatic heterocycles. The highest BCUT2D eigenvalue weighted by Crippen LogP contribution is 2.34. The highest BCUT2D eigenvalue weighted by atomic mass is 16.6. The fourth-order valence-corrected chi connectivity index (χ4v) is 4.63. The highest BCUT2D eigenvalue weighted by Gasteiger charge is 2.47. The zero-order chi connectivity index (χ0) is 26.3. The van der Waals surface area contributed by atoms with Gasteiger partial charge in [-0.1, -0.05) is 91.0 Å². The van der Waals surface area contributed by atoms with E-state index < -0.39 is 35.8 Å². The Kier molecular flexibility index (Phi) is 8.25. The van der Waals surface area contributed by atoms with Crippen LogP contribution in [-0.4, -0.2) is 39.2 Å². The van der Waals surface area contributed by atoms with Crippen LogP contribution in [0, 0.1) is 0 Å². The van der Waals surface area contributed by atoms with Crippen molar-refractivity contribution in [2.24, 2.45) is 0 Å². The van der Waals surface area contributed by atoms with Crippen LogP contribution in [0.5, 0.6) is 0 Å². The van der Waals surface area contributed by atoms with E-state index in [1.807, 2.05) is 91.0 Å². The molecule has 2 unspecified atom stereocenters. The van der Waals surface area contributed by atoms with Crippen molar-refractivity contribution >= 4 is 0 Å². The Morgan fingerprint density at radius 3 is 1.79 bits per heavy atom. The van der Waals surface area contributed by atoms with Gasteiger partial charge in [-0.3, -0.25) is 13.9 Å². The lowest BCUT2D eigenvalue weighted by atomic mass is 10.1. The number of aromatic nitrogens is 2. The first-order valence-electron chi connectivity index (χ1n) is 12.6. The number of aliphatic hydroxyl groups excluding tert-OH is 1. The van der Waals surface area contributed by atoms with E-state index in [0.29, 0.717) is 0 Å². The average molecular weight is 515 g/mol. The molecule has 0 aliphatic carbocycles. The van der Waals surface area contributed by atoms with Crippen LogP contribution in [0.2, 0.25) is 0 Å². The van der Waals surface area contributed by atoms with Crippen LogP contribution in [0.3, 0.4) is 0 Å². The number of ether oxygens (including phenoxy) is 3. The van der Waals surface area contributed by atoms with E-state index in [1.54, 1.807) is 0 Å². The second kappa shape index (κ2) is 12.1. The van der Waals surface area contributed by atoms with Crippen molar-refractivity contribution in [2.75, 3.05) is 6.61 Å². The van der Waals surface area contributed by atoms with E-state index in [4.69, 9.17) is 14.2 Å². The van der Waals surface area contributed by atoms with E-state index in [-0.39, 0.29) is 26.4 Å². The summed E-state index contributed by atoms with van der Waals surface area (Å²) in [5.74, 6) is 0. The lowest BCUT2D eigenvalue weighted by Gasteiger charge is -2.25. The molecular formula is C30H30N2O6. The maximum atomic E-state index is 13.6. The number of aliphatic hydroxyl groups is 1. The van der Waals surface area contributed by atoms with Crippen molar-refractivity contribution in [3.63, 3.8) is 0 Å². The first kappa shape index (κ1) is 25.8. The van der Waals surface area contributed by atoms with Crippen molar-refractivity contribution in [1.29, 1.82) is 0 Å². The maximum Gasteiger partial charge on any atom is 0.333 e. The molecule has 0 bridgehead atoms. The Labute approximate surface area is 220 Å². The summed E-state index contributed by atoms with van der Waals surface area (Å²) in [5.41, 5.74) is 1.79. The summed E-state index contributed by atoms with van der Waals surface area (Å²) in [6.07, 6.45) is -1.60. The van der Waals surface area contributed by atoms with Gasteiger partial charge < -0.3 is 19.3 Å². The van der Waals surface area contributed by atoms with Gasteiger partial charge in [0.05, 0.1) is 26.4 Å². The van der Waals surface area contributed by atoms with Crippen molar-refractivity contribution in [3.05, 3.63) is 141 Å². The average Bonchev–Trinajstić information content (AvgIpc) is 3.31. The van der Waals surface area contributed by atoms with Gasteiger partial charge in [0, 0.05) is 12.3 Å². The van der Waals surface area contributed by atoms with Gasteiger partial charge in [-0.05, 0) is 16.7 Å². The van der Waals surface area contributed by atoms with Crippen LogP contribution < -0.4 is 11.2 Å². The van der Waals surface area contributed by atoms with E-state index in [9.17, 15) is 14.7 Å². The molecule has 1 fully saturated rings. The van der Waals surface area contributed by atoms with Gasteiger partial charge in [0.25, 0.3) is 5.56 Å². The zero-order valence-electron chi connectivity index (χ0n) is 20.8. The van der Waals surface area contributed by atoms with Crippen LogP contribution in [0.25, 0.3) is 0 Å². The van der Waals surface area contributed by atoms with Gasteiger partial charge in [0.15, 0.2) is 6.23 Å². The number of hydrogen-bond donors (Lipinski definition) is 1. The normalized spacial score (nSPS) is 21.0. The van der Waals surface area contributed by atoms with Crippen LogP contribution in [-0.2, 0) is 34.0 Å². The molecule has 0 radical (unpaired) electrons. The predicted molar refractivity (Wildman–Crippen MR) is 142 cm³/mol. The Bertz CT molecular complexity index is 1420. The van der Waals surface area contributed by atoms with E-state index in [2.05, 4.69) is 0 Å². The summed E-state index contributed by atoms with van der Waals surface area (Å²) in [6.45, 7) is 0.345. The maximum absolute atomic E-state index is 13.6. The first-order valence-corrected chi connectivity index (χ1v) is 12.6. The summed E-state index contributed by atoms with van der Waals surface area (Å²) in [5, 5.41) is 10.2. The Balaban J connectivity index is 1.47. The summed E-state index contributed by atoms with van der Waals surface area (Å²) in [6, 6.07) is 30.0. The van der Waals surface area contributed by atoms with Gasteiger partial charge in [0.2, 0.25) is 0 Å². The van der Waals surface area contributed by atoms with Crippen LogP contribution in [0.1, 0.15) is 22.9 Å². The SMILES string of the molecule is O=c1ccn([C@@H]2O[C@H](CO)C(OCc3ccccc3)C2OCc2ccccc2)c(=O)n1Cc1ccccc1. The standard InChI is InChI=1S/C30H30N2O6/c33-19-25-27(36-20-23-12-6-2-7-13-23)28(37-21-24-14-8-3-9-15-24)29(38-25)31-17-16-26(34)32(30(31)35)18-22-10-4-1-5-11-22/h1-17,25,27-29,33H,18-21H2/t25-,27?,28?,29-/m1/s1. The molecule has 0 saturated carbocycles. The molecule has 4 aromatic rings. The molecule has 5 rings (SSSR count). The largest absolute Gasteiger partial charge is 0.394 e. The third-order valence-electron chi connectivity index (χ3n) is 6.59. The van der Waals surface area contributed by atoms with Crippen LogP contribution >= 0.6 is 0 Å². The molecule has 0 spiro atoms. The van der Waals surface area contributed by atoms with Crippen molar-refractivity contribution in [3.8, 4) is 0 Å². The third kappa shape index (κ3) is 5.84. The van der Waals surface area contributed by atoms with Crippen LogP contribution in [0.15, 0.2) is 113 Å². The number of rotatable bonds is 10. The molecule has 0 amide bonds. The summed E-state index contributed by atoms with van der Waals surface area (Å²) < 4.78 is 21.3. The molecule has 8 nitrogen and oxygen atoms in total. The summed E-state index contributed by atoms with van der Waals surface area (Å²) >= 11 is 0. The van der Waals surface area contributed by atoms with E-state index in [0.717, 1.165) is 16.7 Å². The van der Waals surface area contributed by atoms with Crippen molar-refractivity contribution in [2.45, 2.75) is 44.3 Å².